The normalized spacial score (nSPS) is 33.9. The molecule has 1 saturated carbocycles. The number of hydrogen-bond donors (Lipinski definition) is 0. The van der Waals surface area contributed by atoms with Crippen molar-refractivity contribution in [3.8, 4) is 0 Å². The Morgan fingerprint density at radius 3 is 2.64 bits per heavy atom. The fourth-order valence-electron chi connectivity index (χ4n) is 2.84. The van der Waals surface area contributed by atoms with Crippen LogP contribution in [0.4, 0.5) is 0 Å². The predicted octanol–water partition coefficient (Wildman–Crippen LogP) is 1.37. The molecule has 1 saturated heterocycles. The van der Waals surface area contributed by atoms with Crippen molar-refractivity contribution in [2.45, 2.75) is 38.5 Å². The molecule has 78 valence electrons. The molecule has 3 nitrogen and oxygen atoms in total. The van der Waals surface area contributed by atoms with E-state index >= 15 is 0 Å². The zero-order chi connectivity index (χ0) is 10.2. The Hall–Kier alpha value is -0.860. The first kappa shape index (κ1) is 9.69. The molecule has 0 aromatic carbocycles. The topological polar surface area (TPSA) is 37.4 Å². The fourth-order valence-corrected chi connectivity index (χ4v) is 2.84. The molecule has 14 heavy (non-hydrogen) atoms. The Bertz CT molecular complexity index is 270. The molecule has 0 aromatic heterocycles. The summed E-state index contributed by atoms with van der Waals surface area (Å²) in [6.07, 6.45) is 4.96. The van der Waals surface area contributed by atoms with Crippen LogP contribution in [0.25, 0.3) is 0 Å². The van der Waals surface area contributed by atoms with Gasteiger partial charge in [0.1, 0.15) is 5.78 Å². The third-order valence-electron chi connectivity index (χ3n) is 3.60. The van der Waals surface area contributed by atoms with Gasteiger partial charge in [0.05, 0.1) is 5.41 Å². The van der Waals surface area contributed by atoms with Crippen molar-refractivity contribution in [1.82, 2.24) is 4.90 Å². The van der Waals surface area contributed by atoms with Gasteiger partial charge in [0.25, 0.3) is 0 Å². The summed E-state index contributed by atoms with van der Waals surface area (Å²) in [5, 5.41) is 0. The lowest BCUT2D eigenvalue weighted by atomic mass is 9.68. The molecule has 2 fully saturated rings. The molecule has 2 aliphatic rings. The molecule has 1 atom stereocenters. The number of ketones is 1. The summed E-state index contributed by atoms with van der Waals surface area (Å²) < 4.78 is 0. The number of rotatable bonds is 0. The van der Waals surface area contributed by atoms with Crippen LogP contribution in [-0.2, 0) is 9.59 Å². The van der Waals surface area contributed by atoms with Crippen molar-refractivity contribution >= 4 is 11.7 Å². The van der Waals surface area contributed by atoms with E-state index in [1.807, 2.05) is 7.05 Å². The smallest absolute Gasteiger partial charge is 0.228 e. The molecule has 0 bridgehead atoms. The largest absolute Gasteiger partial charge is 0.345 e. The van der Waals surface area contributed by atoms with Gasteiger partial charge < -0.3 is 4.90 Å². The Morgan fingerprint density at radius 2 is 1.93 bits per heavy atom. The van der Waals surface area contributed by atoms with Crippen LogP contribution in [0.3, 0.4) is 0 Å². The van der Waals surface area contributed by atoms with Crippen LogP contribution in [-0.4, -0.2) is 30.2 Å². The molecule has 1 aliphatic heterocycles. The number of carbonyl (C=O) groups is 2. The van der Waals surface area contributed by atoms with Crippen molar-refractivity contribution in [3.63, 3.8) is 0 Å². The highest BCUT2D eigenvalue weighted by Gasteiger charge is 2.45. The van der Waals surface area contributed by atoms with E-state index in [4.69, 9.17) is 0 Å². The maximum absolute atomic E-state index is 12.0. The van der Waals surface area contributed by atoms with Crippen molar-refractivity contribution in [2.75, 3.05) is 13.6 Å². The standard InChI is InChI=1S/C11H17NO2/c1-12-7-3-6-11(10(12)14)5-2-4-9(13)8-11/h2-8H2,1H3/t11-/m1/s1. The molecular formula is C11H17NO2. The Labute approximate surface area is 84.5 Å². The van der Waals surface area contributed by atoms with E-state index in [1.165, 1.54) is 0 Å². The average molecular weight is 195 g/mol. The van der Waals surface area contributed by atoms with Gasteiger partial charge in [0.15, 0.2) is 0 Å². The van der Waals surface area contributed by atoms with Crippen LogP contribution in [0.1, 0.15) is 38.5 Å². The van der Waals surface area contributed by atoms with Gasteiger partial charge in [-0.05, 0) is 25.7 Å². The molecule has 1 aliphatic carbocycles. The molecule has 1 amide bonds. The third-order valence-corrected chi connectivity index (χ3v) is 3.60. The molecule has 1 spiro atoms. The zero-order valence-electron chi connectivity index (χ0n) is 8.71. The highest BCUT2D eigenvalue weighted by molar-refractivity contribution is 5.91. The molecule has 2 rings (SSSR count). The summed E-state index contributed by atoms with van der Waals surface area (Å²) in [4.78, 5) is 25.2. The maximum Gasteiger partial charge on any atom is 0.228 e. The average Bonchev–Trinajstić information content (AvgIpc) is 2.14. The lowest BCUT2D eigenvalue weighted by molar-refractivity contribution is -0.150. The summed E-state index contributed by atoms with van der Waals surface area (Å²) in [5.74, 6) is 0.483. The summed E-state index contributed by atoms with van der Waals surface area (Å²) >= 11 is 0. The second-order valence-electron chi connectivity index (χ2n) is 4.68. The van der Waals surface area contributed by atoms with Crippen LogP contribution >= 0.6 is 0 Å². The third kappa shape index (κ3) is 1.45. The van der Waals surface area contributed by atoms with Crippen molar-refractivity contribution in [1.29, 1.82) is 0 Å². The highest BCUT2D eigenvalue weighted by Crippen LogP contribution is 2.42. The van der Waals surface area contributed by atoms with Gasteiger partial charge in [0, 0.05) is 26.4 Å². The molecule has 1 heterocycles. The van der Waals surface area contributed by atoms with Gasteiger partial charge in [-0.1, -0.05) is 0 Å². The number of piperidine rings is 1. The van der Waals surface area contributed by atoms with Gasteiger partial charge in [-0.2, -0.15) is 0 Å². The van der Waals surface area contributed by atoms with Crippen LogP contribution < -0.4 is 0 Å². The lowest BCUT2D eigenvalue weighted by Gasteiger charge is -2.42. The molecule has 0 radical (unpaired) electrons. The summed E-state index contributed by atoms with van der Waals surface area (Å²) in [5.41, 5.74) is -0.303. The van der Waals surface area contributed by atoms with Crippen LogP contribution in [0.15, 0.2) is 0 Å². The number of amides is 1. The summed E-state index contributed by atoms with van der Waals surface area (Å²) in [6.45, 7) is 0.856. The Morgan fingerprint density at radius 1 is 1.21 bits per heavy atom. The van der Waals surface area contributed by atoms with Gasteiger partial charge in [-0.3, -0.25) is 9.59 Å². The van der Waals surface area contributed by atoms with E-state index in [9.17, 15) is 9.59 Å². The predicted molar refractivity (Wildman–Crippen MR) is 52.8 cm³/mol. The maximum atomic E-state index is 12.0. The molecule has 0 unspecified atom stereocenters. The molecule has 0 N–H and O–H groups in total. The van der Waals surface area contributed by atoms with E-state index in [0.717, 1.165) is 32.2 Å². The Kier molecular flexibility index (Phi) is 2.33. The van der Waals surface area contributed by atoms with Crippen LogP contribution in [0, 0.1) is 5.41 Å². The Balaban J connectivity index is 2.20. The minimum atomic E-state index is -0.303. The SMILES string of the molecule is CN1CCC[C@@]2(CCCC(=O)C2)C1=O. The number of likely N-dealkylation sites (tertiary alicyclic amines) is 1. The van der Waals surface area contributed by atoms with E-state index in [2.05, 4.69) is 0 Å². The van der Waals surface area contributed by atoms with Crippen LogP contribution in [0.5, 0.6) is 0 Å². The summed E-state index contributed by atoms with van der Waals surface area (Å²) in [6, 6.07) is 0. The molecular weight excluding hydrogens is 178 g/mol. The second-order valence-corrected chi connectivity index (χ2v) is 4.68. The van der Waals surface area contributed by atoms with Crippen molar-refractivity contribution in [3.05, 3.63) is 0 Å². The van der Waals surface area contributed by atoms with E-state index in [1.54, 1.807) is 4.90 Å². The first-order chi connectivity index (χ1) is 6.64. The number of hydrogen-bond acceptors (Lipinski definition) is 2. The van der Waals surface area contributed by atoms with Gasteiger partial charge in [0.2, 0.25) is 5.91 Å². The first-order valence-electron chi connectivity index (χ1n) is 5.41. The number of nitrogens with zero attached hydrogens (tertiary/aromatic N) is 1. The lowest BCUT2D eigenvalue weighted by Crippen LogP contribution is -2.49. The zero-order valence-corrected chi connectivity index (χ0v) is 8.71. The van der Waals surface area contributed by atoms with Crippen molar-refractivity contribution in [2.24, 2.45) is 5.41 Å². The molecule has 0 aromatic rings. The number of Topliss-reactive ketones (excluding diaryl/α,β-unsaturated/α-hetero) is 1. The second kappa shape index (κ2) is 3.37. The van der Waals surface area contributed by atoms with E-state index in [-0.39, 0.29) is 17.1 Å². The quantitative estimate of drug-likeness (QED) is 0.585. The molecule has 3 heteroatoms. The van der Waals surface area contributed by atoms with Gasteiger partial charge >= 0.3 is 0 Å². The highest BCUT2D eigenvalue weighted by atomic mass is 16.2. The van der Waals surface area contributed by atoms with Crippen LogP contribution in [0.2, 0.25) is 0 Å². The monoisotopic (exact) mass is 195 g/mol. The fraction of sp³-hybridized carbons (Fsp3) is 0.818. The minimum Gasteiger partial charge on any atom is -0.345 e. The minimum absolute atomic E-state index is 0.205. The van der Waals surface area contributed by atoms with E-state index in [0.29, 0.717) is 12.8 Å². The van der Waals surface area contributed by atoms with Gasteiger partial charge in [-0.15, -0.1) is 0 Å². The number of carbonyl (C=O) groups excluding carboxylic acids is 2. The summed E-state index contributed by atoms with van der Waals surface area (Å²) in [7, 11) is 1.85. The van der Waals surface area contributed by atoms with E-state index < -0.39 is 0 Å². The first-order valence-corrected chi connectivity index (χ1v) is 5.41. The van der Waals surface area contributed by atoms with Gasteiger partial charge in [-0.25, -0.2) is 0 Å². The van der Waals surface area contributed by atoms with Crippen molar-refractivity contribution < 1.29 is 9.59 Å².